The van der Waals surface area contributed by atoms with Crippen LogP contribution in [0.2, 0.25) is 0 Å². The summed E-state index contributed by atoms with van der Waals surface area (Å²) in [7, 11) is 2.79. The molecule has 0 radical (unpaired) electrons. The molecule has 15 nitrogen and oxygen atoms in total. The first-order valence-corrected chi connectivity index (χ1v) is 16.1. The van der Waals surface area contributed by atoms with Crippen molar-refractivity contribution in [2.24, 2.45) is 0 Å². The van der Waals surface area contributed by atoms with Crippen LogP contribution in [0.3, 0.4) is 0 Å². The number of nitrogens with zero attached hydrogens (tertiary/aromatic N) is 4. The number of rotatable bonds is 11. The van der Waals surface area contributed by atoms with E-state index >= 15 is 0 Å². The van der Waals surface area contributed by atoms with Gasteiger partial charge in [0.1, 0.15) is 31.3 Å². The van der Waals surface area contributed by atoms with E-state index in [1.165, 1.54) is 31.3 Å². The van der Waals surface area contributed by atoms with E-state index in [-0.39, 0.29) is 35.1 Å². The lowest BCUT2D eigenvalue weighted by atomic mass is 10.1. The second-order valence-electron chi connectivity index (χ2n) is 11.3. The summed E-state index contributed by atoms with van der Waals surface area (Å²) in [5, 5.41) is 11.9. The number of esters is 1. The molecule has 0 bridgehead atoms. The molecule has 15 heteroatoms. The average Bonchev–Trinajstić information content (AvgIpc) is 3.10. The van der Waals surface area contributed by atoms with Gasteiger partial charge in [-0.3, -0.25) is 14.9 Å². The molecule has 0 spiro atoms. The third-order valence-corrected chi connectivity index (χ3v) is 8.51. The van der Waals surface area contributed by atoms with Gasteiger partial charge in [0.2, 0.25) is 0 Å². The Morgan fingerprint density at radius 3 is 2.00 bits per heavy atom. The van der Waals surface area contributed by atoms with E-state index in [0.29, 0.717) is 80.2 Å². The zero-order chi connectivity index (χ0) is 34.7. The number of carbonyl (C=O) groups is 2. The summed E-state index contributed by atoms with van der Waals surface area (Å²) in [5.41, 5.74) is 2.13. The third-order valence-electron chi connectivity index (χ3n) is 8.51. The Balaban J connectivity index is 1.36. The zero-order valence-corrected chi connectivity index (χ0v) is 27.8. The van der Waals surface area contributed by atoms with Gasteiger partial charge in [0, 0.05) is 43.8 Å². The van der Waals surface area contributed by atoms with Crippen molar-refractivity contribution in [1.82, 2.24) is 0 Å². The Hall–Kier alpha value is -5.60. The van der Waals surface area contributed by atoms with Crippen LogP contribution in [-0.4, -0.2) is 77.2 Å². The summed E-state index contributed by atoms with van der Waals surface area (Å²) < 4.78 is 39.9. The van der Waals surface area contributed by atoms with Crippen molar-refractivity contribution in [1.29, 1.82) is 0 Å². The van der Waals surface area contributed by atoms with Crippen molar-refractivity contribution in [3.63, 3.8) is 0 Å². The number of carbonyl (C=O) groups excluding carboxylic acids is 2. The molecular weight excluding hydrogens is 640 g/mol. The summed E-state index contributed by atoms with van der Waals surface area (Å²) in [6, 6.07) is 9.73. The van der Waals surface area contributed by atoms with E-state index in [4.69, 9.17) is 33.2 Å². The zero-order valence-electron chi connectivity index (χ0n) is 27.8. The largest absolute Gasteiger partial charge is 0.493 e. The van der Waals surface area contributed by atoms with E-state index in [1.54, 1.807) is 19.1 Å². The molecule has 3 aliphatic heterocycles. The maximum atomic E-state index is 14.1. The molecule has 0 aromatic heterocycles. The molecule has 0 unspecified atom stereocenters. The van der Waals surface area contributed by atoms with Gasteiger partial charge in [-0.25, -0.2) is 9.69 Å². The average molecular weight is 679 g/mol. The van der Waals surface area contributed by atoms with Gasteiger partial charge in [-0.1, -0.05) is 0 Å². The lowest BCUT2D eigenvalue weighted by Gasteiger charge is -2.37. The number of fused-ring (bicyclic) bond motifs is 4. The lowest BCUT2D eigenvalue weighted by molar-refractivity contribution is -0.385. The fourth-order valence-corrected chi connectivity index (χ4v) is 6.14. The molecule has 0 saturated heterocycles. The van der Waals surface area contributed by atoms with Crippen LogP contribution >= 0.6 is 0 Å². The molecule has 260 valence electrons. The van der Waals surface area contributed by atoms with E-state index < -0.39 is 17.6 Å². The molecule has 3 aliphatic rings. The molecule has 0 fully saturated rings. The van der Waals surface area contributed by atoms with Crippen molar-refractivity contribution in [3.8, 4) is 34.5 Å². The van der Waals surface area contributed by atoms with Gasteiger partial charge in [-0.05, 0) is 26.3 Å². The van der Waals surface area contributed by atoms with Gasteiger partial charge in [0.05, 0.1) is 73.2 Å². The normalized spacial score (nSPS) is 14.2. The van der Waals surface area contributed by atoms with Crippen LogP contribution in [0, 0.1) is 10.1 Å². The molecule has 3 aromatic carbocycles. The van der Waals surface area contributed by atoms with Crippen molar-refractivity contribution < 1.29 is 47.7 Å². The van der Waals surface area contributed by atoms with E-state index in [9.17, 15) is 19.7 Å². The third kappa shape index (κ3) is 6.60. The van der Waals surface area contributed by atoms with Crippen molar-refractivity contribution >= 4 is 40.5 Å². The Kier molecular flexibility index (Phi) is 9.69. The first kappa shape index (κ1) is 33.3. The van der Waals surface area contributed by atoms with E-state index in [0.717, 1.165) is 17.9 Å². The topological polar surface area (TPSA) is 152 Å². The number of hydrogen-bond acceptors (Lipinski definition) is 13. The van der Waals surface area contributed by atoms with Gasteiger partial charge in [-0.15, -0.1) is 0 Å². The fourth-order valence-electron chi connectivity index (χ4n) is 6.14. The minimum absolute atomic E-state index is 0.115. The molecule has 49 heavy (non-hydrogen) atoms. The number of nitro benzene ring substituents is 1. The number of benzene rings is 3. The van der Waals surface area contributed by atoms with Crippen LogP contribution in [0.25, 0.3) is 0 Å². The van der Waals surface area contributed by atoms with Gasteiger partial charge in [0.15, 0.2) is 23.0 Å². The van der Waals surface area contributed by atoms with Crippen LogP contribution in [0.5, 0.6) is 34.5 Å². The summed E-state index contributed by atoms with van der Waals surface area (Å²) in [4.78, 5) is 43.0. The number of ether oxygens (including phenoxy) is 7. The van der Waals surface area contributed by atoms with Gasteiger partial charge < -0.3 is 43.0 Å². The smallest absolute Gasteiger partial charge is 0.419 e. The first-order valence-electron chi connectivity index (χ1n) is 16.1. The maximum Gasteiger partial charge on any atom is 0.419 e. The number of amides is 1. The Morgan fingerprint density at radius 2 is 1.41 bits per heavy atom. The first-order chi connectivity index (χ1) is 23.8. The number of anilines is 4. The second kappa shape index (κ2) is 14.3. The number of likely N-dealkylation sites (N-methyl/N-ethyl adjacent to an activating group) is 1. The molecule has 3 heterocycles. The minimum atomic E-state index is -0.806. The van der Waals surface area contributed by atoms with E-state index in [2.05, 4.69) is 9.80 Å². The second-order valence-corrected chi connectivity index (χ2v) is 11.3. The molecule has 0 saturated carbocycles. The van der Waals surface area contributed by atoms with Gasteiger partial charge in [-0.2, -0.15) is 0 Å². The number of nitro groups is 1. The molecule has 0 N–H and O–H groups in total. The van der Waals surface area contributed by atoms with Crippen LogP contribution in [0.4, 0.5) is 33.2 Å². The quantitative estimate of drug-likeness (QED) is 0.133. The highest BCUT2D eigenvalue weighted by Gasteiger charge is 2.36. The van der Waals surface area contributed by atoms with Crippen LogP contribution < -0.4 is 38.4 Å². The predicted molar refractivity (Wildman–Crippen MR) is 178 cm³/mol. The van der Waals surface area contributed by atoms with Gasteiger partial charge >= 0.3 is 12.1 Å². The van der Waals surface area contributed by atoms with Gasteiger partial charge in [0.25, 0.3) is 5.69 Å². The van der Waals surface area contributed by atoms with Crippen LogP contribution in [0.1, 0.15) is 32.3 Å². The minimum Gasteiger partial charge on any atom is -0.493 e. The van der Waals surface area contributed by atoms with Crippen LogP contribution in [0.15, 0.2) is 36.4 Å². The SMILES string of the molecule is CCOC(=O)CCCN1CCOc2cc3c(cc21)Oc1cc2c(cc1N3C(=O)OCc1cc(OC)c(OC)cc1[N+](=O)[O-])OCCN2CC. The predicted octanol–water partition coefficient (Wildman–Crippen LogP) is 5.95. The monoisotopic (exact) mass is 678 g/mol. The van der Waals surface area contributed by atoms with Crippen molar-refractivity contribution in [2.45, 2.75) is 33.3 Å². The lowest BCUT2D eigenvalue weighted by Crippen LogP contribution is -2.35. The highest BCUT2D eigenvalue weighted by Crippen LogP contribution is 2.54. The summed E-state index contributed by atoms with van der Waals surface area (Å²) >= 11 is 0. The fraction of sp³-hybridized carbons (Fsp3) is 0.412. The summed E-state index contributed by atoms with van der Waals surface area (Å²) in [5.74, 6) is 2.05. The molecule has 3 aromatic rings. The van der Waals surface area contributed by atoms with Crippen molar-refractivity contribution in [2.75, 3.05) is 74.9 Å². The maximum absolute atomic E-state index is 14.1. The Bertz CT molecular complexity index is 1760. The molecule has 0 aliphatic carbocycles. The Labute approximate surface area is 282 Å². The van der Waals surface area contributed by atoms with E-state index in [1.807, 2.05) is 19.1 Å². The summed E-state index contributed by atoms with van der Waals surface area (Å²) in [6.45, 7) is 7.20. The molecule has 0 atom stereocenters. The molecular formula is C34H38N4O11. The summed E-state index contributed by atoms with van der Waals surface area (Å²) in [6.07, 6.45) is 0.0626. The number of hydrogen-bond donors (Lipinski definition) is 0. The molecule has 6 rings (SSSR count). The van der Waals surface area contributed by atoms with Crippen molar-refractivity contribution in [3.05, 3.63) is 52.1 Å². The molecule has 1 amide bonds. The standard InChI is InChI=1S/C34H38N4O11/c1-5-35-10-12-46-27-18-25-29(16-23(27)35)49-30-17-24-28(47-13-11-36(24)9-7-8-33(39)45-6-2)19-26(30)37(25)34(40)48-20-21-14-31(43-3)32(44-4)15-22(21)38(41)42/h14-19H,5-13,20H2,1-4H3. The highest BCUT2D eigenvalue weighted by molar-refractivity contribution is 6.02. The highest BCUT2D eigenvalue weighted by atomic mass is 16.6. The number of methoxy groups -OCH3 is 2. The Morgan fingerprint density at radius 1 is 0.816 bits per heavy atom. The van der Waals surface area contributed by atoms with Crippen LogP contribution in [-0.2, 0) is 20.9 Å².